The Kier molecular flexibility index (Phi) is 2.00. The van der Waals surface area contributed by atoms with Gasteiger partial charge in [0, 0.05) is 0 Å². The lowest BCUT2D eigenvalue weighted by molar-refractivity contribution is -0.179. The predicted octanol–water partition coefficient (Wildman–Crippen LogP) is -0.914. The van der Waals surface area contributed by atoms with E-state index in [0.29, 0.717) is 0 Å². The summed E-state index contributed by atoms with van der Waals surface area (Å²) < 4.78 is 4.95. The molecule has 4 nitrogen and oxygen atoms in total. The van der Waals surface area contributed by atoms with Gasteiger partial charge in [0.05, 0.1) is 12.7 Å². The SMILES string of the molecule is CC1OCC(C)(O)C(=O)C1O. The summed E-state index contributed by atoms with van der Waals surface area (Å²) in [5.74, 6) is -0.559. The highest BCUT2D eigenvalue weighted by atomic mass is 16.5. The topological polar surface area (TPSA) is 66.8 Å². The zero-order valence-corrected chi connectivity index (χ0v) is 6.57. The van der Waals surface area contributed by atoms with Crippen molar-refractivity contribution in [2.45, 2.75) is 31.7 Å². The number of carbonyl (C=O) groups is 1. The Bertz CT molecular complexity index is 175. The molecule has 11 heavy (non-hydrogen) atoms. The standard InChI is InChI=1S/C7H12O4/c1-4-5(8)6(9)7(2,10)3-11-4/h4-5,8,10H,3H2,1-2H3. The number of hydrogen-bond acceptors (Lipinski definition) is 4. The van der Waals surface area contributed by atoms with E-state index in [9.17, 15) is 9.90 Å². The van der Waals surface area contributed by atoms with E-state index >= 15 is 0 Å². The lowest BCUT2D eigenvalue weighted by atomic mass is 9.92. The fraction of sp³-hybridized carbons (Fsp3) is 0.857. The Labute approximate surface area is 64.8 Å². The highest BCUT2D eigenvalue weighted by Gasteiger charge is 2.42. The third kappa shape index (κ3) is 1.42. The zero-order valence-electron chi connectivity index (χ0n) is 6.57. The van der Waals surface area contributed by atoms with Gasteiger partial charge in [-0.05, 0) is 13.8 Å². The van der Waals surface area contributed by atoms with Crippen LogP contribution in [-0.4, -0.2) is 40.4 Å². The normalized spacial score (nSPS) is 46.0. The van der Waals surface area contributed by atoms with Gasteiger partial charge in [-0.25, -0.2) is 0 Å². The van der Waals surface area contributed by atoms with Gasteiger partial charge in [0.25, 0.3) is 0 Å². The lowest BCUT2D eigenvalue weighted by Crippen LogP contribution is -2.55. The van der Waals surface area contributed by atoms with Crippen LogP contribution in [0, 0.1) is 0 Å². The summed E-state index contributed by atoms with van der Waals surface area (Å²) >= 11 is 0. The van der Waals surface area contributed by atoms with Crippen LogP contribution in [0.1, 0.15) is 13.8 Å². The molecule has 0 amide bonds. The van der Waals surface area contributed by atoms with Crippen molar-refractivity contribution in [3.8, 4) is 0 Å². The summed E-state index contributed by atoms with van der Waals surface area (Å²) in [5, 5.41) is 18.4. The van der Waals surface area contributed by atoms with E-state index in [1.807, 2.05) is 0 Å². The molecule has 4 heteroatoms. The second kappa shape index (κ2) is 2.55. The summed E-state index contributed by atoms with van der Waals surface area (Å²) in [7, 11) is 0. The average Bonchev–Trinajstić information content (AvgIpc) is 1.95. The molecule has 0 bridgehead atoms. The van der Waals surface area contributed by atoms with Gasteiger partial charge in [-0.1, -0.05) is 0 Å². The molecular formula is C7H12O4. The summed E-state index contributed by atoms with van der Waals surface area (Å²) in [4.78, 5) is 11.1. The second-order valence-electron chi connectivity index (χ2n) is 3.10. The summed E-state index contributed by atoms with van der Waals surface area (Å²) in [5.41, 5.74) is -1.52. The maximum absolute atomic E-state index is 11.1. The van der Waals surface area contributed by atoms with Crippen LogP contribution in [0.4, 0.5) is 0 Å². The maximum Gasteiger partial charge on any atom is 0.197 e. The van der Waals surface area contributed by atoms with Gasteiger partial charge in [0.2, 0.25) is 0 Å². The van der Waals surface area contributed by atoms with Crippen LogP contribution in [0.3, 0.4) is 0 Å². The first-order valence-corrected chi connectivity index (χ1v) is 3.51. The molecule has 0 spiro atoms. The molecule has 1 aliphatic rings. The van der Waals surface area contributed by atoms with E-state index in [-0.39, 0.29) is 6.61 Å². The molecule has 0 aromatic heterocycles. The van der Waals surface area contributed by atoms with Crippen molar-refractivity contribution in [3.63, 3.8) is 0 Å². The zero-order chi connectivity index (χ0) is 8.65. The molecule has 3 atom stereocenters. The van der Waals surface area contributed by atoms with Crippen LogP contribution in [0.25, 0.3) is 0 Å². The van der Waals surface area contributed by atoms with Crippen molar-refractivity contribution in [2.24, 2.45) is 0 Å². The van der Waals surface area contributed by atoms with E-state index in [1.165, 1.54) is 6.92 Å². The first-order valence-electron chi connectivity index (χ1n) is 3.51. The van der Waals surface area contributed by atoms with Crippen molar-refractivity contribution < 1.29 is 19.7 Å². The minimum Gasteiger partial charge on any atom is -0.382 e. The van der Waals surface area contributed by atoms with Gasteiger partial charge in [0.15, 0.2) is 5.78 Å². The minimum atomic E-state index is -1.52. The predicted molar refractivity (Wildman–Crippen MR) is 37.1 cm³/mol. The number of aliphatic hydroxyl groups is 2. The van der Waals surface area contributed by atoms with E-state index in [1.54, 1.807) is 6.92 Å². The van der Waals surface area contributed by atoms with Gasteiger partial charge in [0.1, 0.15) is 11.7 Å². The molecule has 64 valence electrons. The Morgan fingerprint density at radius 3 is 2.73 bits per heavy atom. The van der Waals surface area contributed by atoms with E-state index in [4.69, 9.17) is 9.84 Å². The monoisotopic (exact) mass is 160 g/mol. The van der Waals surface area contributed by atoms with Gasteiger partial charge < -0.3 is 14.9 Å². The number of ether oxygens (including phenoxy) is 1. The maximum atomic E-state index is 11.1. The number of rotatable bonds is 0. The van der Waals surface area contributed by atoms with Gasteiger partial charge >= 0.3 is 0 Å². The van der Waals surface area contributed by atoms with Gasteiger partial charge in [-0.2, -0.15) is 0 Å². The Morgan fingerprint density at radius 1 is 1.73 bits per heavy atom. The molecule has 0 aromatic carbocycles. The highest BCUT2D eigenvalue weighted by molar-refractivity contribution is 5.91. The number of hydrogen-bond donors (Lipinski definition) is 2. The highest BCUT2D eigenvalue weighted by Crippen LogP contribution is 2.18. The minimum absolute atomic E-state index is 0.0376. The lowest BCUT2D eigenvalue weighted by Gasteiger charge is -2.33. The second-order valence-corrected chi connectivity index (χ2v) is 3.10. The molecule has 0 saturated carbocycles. The largest absolute Gasteiger partial charge is 0.382 e. The van der Waals surface area contributed by atoms with E-state index < -0.39 is 23.6 Å². The van der Waals surface area contributed by atoms with Crippen molar-refractivity contribution in [3.05, 3.63) is 0 Å². The third-order valence-corrected chi connectivity index (χ3v) is 1.87. The third-order valence-electron chi connectivity index (χ3n) is 1.87. The van der Waals surface area contributed by atoms with Crippen molar-refractivity contribution >= 4 is 5.78 Å². The first-order chi connectivity index (χ1) is 4.95. The summed E-state index contributed by atoms with van der Waals surface area (Å²) in [6.07, 6.45) is -1.71. The number of carbonyl (C=O) groups excluding carboxylic acids is 1. The van der Waals surface area contributed by atoms with Crippen LogP contribution in [0.2, 0.25) is 0 Å². The summed E-state index contributed by atoms with van der Waals surface area (Å²) in [6, 6.07) is 0. The van der Waals surface area contributed by atoms with Crippen LogP contribution in [0.5, 0.6) is 0 Å². The smallest absolute Gasteiger partial charge is 0.197 e. The molecule has 3 unspecified atom stereocenters. The van der Waals surface area contributed by atoms with Crippen molar-refractivity contribution in [1.82, 2.24) is 0 Å². The Morgan fingerprint density at radius 2 is 2.27 bits per heavy atom. The molecule has 1 heterocycles. The fourth-order valence-electron chi connectivity index (χ4n) is 0.988. The number of aliphatic hydroxyl groups excluding tert-OH is 1. The quantitative estimate of drug-likeness (QED) is 0.481. The summed E-state index contributed by atoms with van der Waals surface area (Å²) in [6.45, 7) is 2.90. The molecule has 2 N–H and O–H groups in total. The van der Waals surface area contributed by atoms with Crippen LogP contribution in [0.15, 0.2) is 0 Å². The average molecular weight is 160 g/mol. The molecule has 1 rings (SSSR count). The van der Waals surface area contributed by atoms with Crippen LogP contribution >= 0.6 is 0 Å². The van der Waals surface area contributed by atoms with Crippen LogP contribution < -0.4 is 0 Å². The molecular weight excluding hydrogens is 148 g/mol. The molecule has 1 saturated heterocycles. The van der Waals surface area contributed by atoms with Gasteiger partial charge in [-0.15, -0.1) is 0 Å². The Hall–Kier alpha value is -0.450. The first kappa shape index (κ1) is 8.64. The van der Waals surface area contributed by atoms with Crippen molar-refractivity contribution in [2.75, 3.05) is 6.61 Å². The Balaban J connectivity index is 2.76. The van der Waals surface area contributed by atoms with E-state index in [2.05, 4.69) is 0 Å². The van der Waals surface area contributed by atoms with Crippen LogP contribution in [-0.2, 0) is 9.53 Å². The van der Waals surface area contributed by atoms with Gasteiger partial charge in [-0.3, -0.25) is 4.79 Å². The van der Waals surface area contributed by atoms with Crippen molar-refractivity contribution in [1.29, 1.82) is 0 Å². The molecule has 1 fully saturated rings. The fourth-order valence-corrected chi connectivity index (χ4v) is 0.988. The van der Waals surface area contributed by atoms with E-state index in [0.717, 1.165) is 0 Å². The number of ketones is 1. The molecule has 0 aromatic rings. The molecule has 0 radical (unpaired) electrons. The molecule has 0 aliphatic carbocycles. The molecule has 1 aliphatic heterocycles. The number of Topliss-reactive ketones (excluding diaryl/α,β-unsaturated/α-hetero) is 1.